The van der Waals surface area contributed by atoms with E-state index >= 15 is 0 Å². The number of pyridine rings is 1. The van der Waals surface area contributed by atoms with Gasteiger partial charge in [-0.2, -0.15) is 0 Å². The summed E-state index contributed by atoms with van der Waals surface area (Å²) >= 11 is 0. The molecule has 0 amide bonds. The fourth-order valence-electron chi connectivity index (χ4n) is 1.87. The molecule has 0 aromatic carbocycles. The van der Waals surface area contributed by atoms with Crippen LogP contribution in [0.5, 0.6) is 5.75 Å². The average Bonchev–Trinajstić information content (AvgIpc) is 2.38. The number of ether oxygens (including phenoxy) is 2. The minimum Gasteiger partial charge on any atom is -0.491 e. The lowest BCUT2D eigenvalue weighted by Gasteiger charge is -2.23. The number of hydrogen-bond acceptors (Lipinski definition) is 4. The van der Waals surface area contributed by atoms with Gasteiger partial charge in [0.1, 0.15) is 12.4 Å². The molecule has 94 valence electrons. The molecule has 0 unspecified atom stereocenters. The van der Waals surface area contributed by atoms with Crippen molar-refractivity contribution in [3.8, 4) is 5.75 Å². The Bertz CT molecular complexity index is 321. The first kappa shape index (κ1) is 12.3. The van der Waals surface area contributed by atoms with Crippen molar-refractivity contribution in [2.24, 2.45) is 0 Å². The Morgan fingerprint density at radius 3 is 2.94 bits per heavy atom. The van der Waals surface area contributed by atoms with Crippen LogP contribution >= 0.6 is 0 Å². The predicted octanol–water partition coefficient (Wildman–Crippen LogP) is 1.54. The van der Waals surface area contributed by atoms with Crippen LogP contribution < -0.4 is 10.1 Å². The summed E-state index contributed by atoms with van der Waals surface area (Å²) in [6, 6.07) is 4.50. The first-order valence-corrected chi connectivity index (χ1v) is 6.21. The summed E-state index contributed by atoms with van der Waals surface area (Å²) in [6.07, 6.45) is 3.97. The number of nitrogens with zero attached hydrogens (tertiary/aromatic N) is 1. The molecule has 0 radical (unpaired) electrons. The van der Waals surface area contributed by atoms with Crippen LogP contribution in [0.25, 0.3) is 0 Å². The average molecular weight is 236 g/mol. The van der Waals surface area contributed by atoms with Crippen molar-refractivity contribution in [2.75, 3.05) is 26.4 Å². The van der Waals surface area contributed by atoms with Crippen molar-refractivity contribution in [1.82, 2.24) is 10.3 Å². The zero-order valence-corrected chi connectivity index (χ0v) is 10.3. The maximum absolute atomic E-state index is 5.60. The molecule has 1 saturated heterocycles. The second-order valence-corrected chi connectivity index (χ2v) is 4.32. The second-order valence-electron chi connectivity index (χ2n) is 4.32. The minimum atomic E-state index is 0.587. The molecule has 4 nitrogen and oxygen atoms in total. The van der Waals surface area contributed by atoms with E-state index in [9.17, 15) is 0 Å². The summed E-state index contributed by atoms with van der Waals surface area (Å²) in [4.78, 5) is 4.19. The first-order chi connectivity index (χ1) is 8.34. The van der Waals surface area contributed by atoms with Crippen LogP contribution in [-0.2, 0) is 4.74 Å². The van der Waals surface area contributed by atoms with E-state index in [1.165, 1.54) is 0 Å². The van der Waals surface area contributed by atoms with Crippen molar-refractivity contribution < 1.29 is 9.47 Å². The predicted molar refractivity (Wildman–Crippen MR) is 66.3 cm³/mol. The van der Waals surface area contributed by atoms with E-state index in [4.69, 9.17) is 9.47 Å². The van der Waals surface area contributed by atoms with Gasteiger partial charge in [-0.3, -0.25) is 4.98 Å². The van der Waals surface area contributed by atoms with E-state index in [0.29, 0.717) is 12.6 Å². The Morgan fingerprint density at radius 2 is 2.24 bits per heavy atom. The summed E-state index contributed by atoms with van der Waals surface area (Å²) in [6.45, 7) is 5.28. The van der Waals surface area contributed by atoms with Gasteiger partial charge in [-0.15, -0.1) is 0 Å². The number of aryl methyl sites for hydroxylation is 1. The van der Waals surface area contributed by atoms with Gasteiger partial charge < -0.3 is 14.8 Å². The van der Waals surface area contributed by atoms with Gasteiger partial charge in [-0.05, 0) is 31.9 Å². The van der Waals surface area contributed by atoms with Crippen LogP contribution in [0.15, 0.2) is 18.3 Å². The topological polar surface area (TPSA) is 43.4 Å². The second kappa shape index (κ2) is 6.57. The molecule has 4 heteroatoms. The number of hydrogen-bond donors (Lipinski definition) is 1. The molecule has 1 aliphatic rings. The van der Waals surface area contributed by atoms with E-state index in [-0.39, 0.29) is 0 Å². The van der Waals surface area contributed by atoms with Gasteiger partial charge in [0, 0.05) is 31.5 Å². The van der Waals surface area contributed by atoms with Gasteiger partial charge in [0.15, 0.2) is 0 Å². The molecule has 17 heavy (non-hydrogen) atoms. The van der Waals surface area contributed by atoms with E-state index in [2.05, 4.69) is 10.3 Å². The Balaban J connectivity index is 1.60. The normalized spacial score (nSPS) is 17.0. The summed E-state index contributed by atoms with van der Waals surface area (Å²) in [5.74, 6) is 0.837. The van der Waals surface area contributed by atoms with Gasteiger partial charge in [-0.25, -0.2) is 0 Å². The molecular weight excluding hydrogens is 216 g/mol. The monoisotopic (exact) mass is 236 g/mol. The van der Waals surface area contributed by atoms with E-state index < -0.39 is 0 Å². The van der Waals surface area contributed by atoms with Crippen molar-refractivity contribution in [2.45, 2.75) is 25.8 Å². The zero-order chi connectivity index (χ0) is 11.9. The Labute approximate surface area is 102 Å². The quantitative estimate of drug-likeness (QED) is 0.788. The van der Waals surface area contributed by atoms with Crippen LogP contribution in [0.1, 0.15) is 18.5 Å². The largest absolute Gasteiger partial charge is 0.491 e. The molecule has 0 spiro atoms. The molecule has 2 rings (SSSR count). The third-order valence-corrected chi connectivity index (χ3v) is 2.91. The van der Waals surface area contributed by atoms with Crippen LogP contribution in [-0.4, -0.2) is 37.4 Å². The SMILES string of the molecule is Cc1ccc(OCCNC2CCOCC2)cn1. The lowest BCUT2D eigenvalue weighted by molar-refractivity contribution is 0.0770. The molecule has 1 aliphatic heterocycles. The fraction of sp³-hybridized carbons (Fsp3) is 0.615. The van der Waals surface area contributed by atoms with Crippen molar-refractivity contribution >= 4 is 0 Å². The number of rotatable bonds is 5. The Morgan fingerprint density at radius 1 is 1.41 bits per heavy atom. The van der Waals surface area contributed by atoms with Crippen molar-refractivity contribution in [1.29, 1.82) is 0 Å². The Hall–Kier alpha value is -1.13. The molecule has 0 atom stereocenters. The van der Waals surface area contributed by atoms with Crippen LogP contribution in [0, 0.1) is 6.92 Å². The standard InChI is InChI=1S/C13H20N2O2/c1-11-2-3-13(10-15-11)17-9-6-14-12-4-7-16-8-5-12/h2-3,10,12,14H,4-9H2,1H3. The first-order valence-electron chi connectivity index (χ1n) is 6.21. The maximum atomic E-state index is 5.60. The molecule has 0 aliphatic carbocycles. The summed E-state index contributed by atoms with van der Waals surface area (Å²) < 4.78 is 10.9. The molecule has 2 heterocycles. The van der Waals surface area contributed by atoms with Gasteiger partial charge in [0.25, 0.3) is 0 Å². The molecule has 1 N–H and O–H groups in total. The minimum absolute atomic E-state index is 0.587. The van der Waals surface area contributed by atoms with Crippen molar-refractivity contribution in [3.05, 3.63) is 24.0 Å². The summed E-state index contributed by atoms with van der Waals surface area (Å²) in [7, 11) is 0. The van der Waals surface area contributed by atoms with Gasteiger partial charge in [0.05, 0.1) is 6.20 Å². The van der Waals surface area contributed by atoms with Gasteiger partial charge in [-0.1, -0.05) is 0 Å². The van der Waals surface area contributed by atoms with Crippen LogP contribution in [0.3, 0.4) is 0 Å². The third-order valence-electron chi connectivity index (χ3n) is 2.91. The van der Waals surface area contributed by atoms with Gasteiger partial charge >= 0.3 is 0 Å². The van der Waals surface area contributed by atoms with E-state index in [1.54, 1.807) is 6.20 Å². The highest BCUT2D eigenvalue weighted by Gasteiger charge is 2.12. The Kier molecular flexibility index (Phi) is 4.76. The molecular formula is C13H20N2O2. The van der Waals surface area contributed by atoms with E-state index in [0.717, 1.165) is 44.0 Å². The molecule has 0 bridgehead atoms. The lowest BCUT2D eigenvalue weighted by atomic mass is 10.1. The molecule has 1 fully saturated rings. The van der Waals surface area contributed by atoms with E-state index in [1.807, 2.05) is 19.1 Å². The summed E-state index contributed by atoms with van der Waals surface area (Å²) in [5.41, 5.74) is 1.01. The highest BCUT2D eigenvalue weighted by atomic mass is 16.5. The van der Waals surface area contributed by atoms with Crippen molar-refractivity contribution in [3.63, 3.8) is 0 Å². The zero-order valence-electron chi connectivity index (χ0n) is 10.3. The third kappa shape index (κ3) is 4.32. The molecule has 0 saturated carbocycles. The molecule has 1 aromatic rings. The maximum Gasteiger partial charge on any atom is 0.137 e. The smallest absolute Gasteiger partial charge is 0.137 e. The highest BCUT2D eigenvalue weighted by molar-refractivity contribution is 5.18. The lowest BCUT2D eigenvalue weighted by Crippen LogP contribution is -2.37. The van der Waals surface area contributed by atoms with Crippen LogP contribution in [0.4, 0.5) is 0 Å². The molecule has 1 aromatic heterocycles. The fourth-order valence-corrected chi connectivity index (χ4v) is 1.87. The number of nitrogens with one attached hydrogen (secondary N) is 1. The number of aromatic nitrogens is 1. The highest BCUT2D eigenvalue weighted by Crippen LogP contribution is 2.08. The summed E-state index contributed by atoms with van der Waals surface area (Å²) in [5, 5.41) is 3.48. The van der Waals surface area contributed by atoms with Crippen LogP contribution in [0.2, 0.25) is 0 Å². The van der Waals surface area contributed by atoms with Gasteiger partial charge in [0.2, 0.25) is 0 Å².